The summed E-state index contributed by atoms with van der Waals surface area (Å²) in [7, 11) is -2.26. The van der Waals surface area contributed by atoms with Gasteiger partial charge in [-0.1, -0.05) is 60.6 Å². The topological polar surface area (TPSA) is 54.0 Å². The second-order valence-electron chi connectivity index (χ2n) is 12.9. The van der Waals surface area contributed by atoms with Crippen LogP contribution in [0.4, 0.5) is 0 Å². The zero-order chi connectivity index (χ0) is 27.1. The van der Waals surface area contributed by atoms with E-state index in [0.29, 0.717) is 12.5 Å². The Morgan fingerprint density at radius 1 is 0.914 bits per heavy atom. The van der Waals surface area contributed by atoms with Crippen LogP contribution in [0.3, 0.4) is 0 Å². The van der Waals surface area contributed by atoms with E-state index in [1.54, 1.807) is 7.11 Å². The van der Waals surface area contributed by atoms with Gasteiger partial charge in [0.05, 0.1) is 19.8 Å². The molecule has 0 unspecified atom stereocenters. The minimum atomic E-state index is -2.14. The molecule has 5 nitrogen and oxygen atoms in total. The molecule has 1 aromatic carbocycles. The average Bonchev–Trinajstić information content (AvgIpc) is 2.73. The van der Waals surface area contributed by atoms with Crippen molar-refractivity contribution in [3.8, 4) is 5.75 Å². The maximum Gasteiger partial charge on any atom is 0.193 e. The number of ether oxygens (including phenoxy) is 2. The second kappa shape index (κ2) is 13.0. The minimum Gasteiger partial charge on any atom is -0.497 e. The van der Waals surface area contributed by atoms with Crippen molar-refractivity contribution in [3.63, 3.8) is 0 Å². The van der Waals surface area contributed by atoms with Crippen molar-refractivity contribution in [2.24, 2.45) is 5.92 Å². The van der Waals surface area contributed by atoms with E-state index in [1.165, 1.54) is 0 Å². The van der Waals surface area contributed by atoms with Gasteiger partial charge in [-0.3, -0.25) is 0 Å². The third-order valence-corrected chi connectivity index (χ3v) is 16.9. The molecular formula is C28H52O5Si2. The molecule has 0 spiro atoms. The molecule has 0 aliphatic carbocycles. The zero-order valence-corrected chi connectivity index (χ0v) is 26.5. The summed E-state index contributed by atoms with van der Waals surface area (Å²) in [6.45, 7) is 25.7. The lowest BCUT2D eigenvalue weighted by Crippen LogP contribution is -2.48. The molecule has 7 heteroatoms. The molecule has 0 radical (unpaired) electrons. The van der Waals surface area contributed by atoms with Crippen molar-refractivity contribution >= 4 is 22.9 Å². The van der Waals surface area contributed by atoms with Gasteiger partial charge in [0, 0.05) is 6.61 Å². The smallest absolute Gasteiger partial charge is 0.193 e. The van der Waals surface area contributed by atoms with Gasteiger partial charge in [0.1, 0.15) is 18.1 Å². The summed E-state index contributed by atoms with van der Waals surface area (Å²) in [5.41, 5.74) is 1.04. The van der Waals surface area contributed by atoms with E-state index in [1.807, 2.05) is 24.3 Å². The van der Waals surface area contributed by atoms with E-state index >= 15 is 0 Å². The fraction of sp³-hybridized carbons (Fsp3) is 0.750. The van der Waals surface area contributed by atoms with E-state index in [9.17, 15) is 4.79 Å². The highest BCUT2D eigenvalue weighted by atomic mass is 28.4. The van der Waals surface area contributed by atoms with Crippen LogP contribution in [0.5, 0.6) is 5.75 Å². The van der Waals surface area contributed by atoms with Crippen molar-refractivity contribution < 1.29 is 23.1 Å². The molecule has 1 rings (SSSR count). The Balaban J connectivity index is 2.94. The summed E-state index contributed by atoms with van der Waals surface area (Å²) in [6.07, 6.45) is 1.72. The molecular weight excluding hydrogens is 472 g/mol. The Morgan fingerprint density at radius 3 is 1.91 bits per heavy atom. The number of aldehydes is 1. The first-order valence-corrected chi connectivity index (χ1v) is 18.8. The molecule has 0 aromatic heterocycles. The first-order chi connectivity index (χ1) is 15.9. The molecule has 0 fully saturated rings. The van der Waals surface area contributed by atoms with Crippen LogP contribution in [0.25, 0.3) is 0 Å². The fourth-order valence-electron chi connectivity index (χ4n) is 3.18. The Kier molecular flexibility index (Phi) is 11.9. The van der Waals surface area contributed by atoms with Crippen LogP contribution in [-0.4, -0.2) is 48.8 Å². The lowest BCUT2D eigenvalue weighted by molar-refractivity contribution is -0.124. The van der Waals surface area contributed by atoms with Gasteiger partial charge < -0.3 is 23.1 Å². The summed E-state index contributed by atoms with van der Waals surface area (Å²) in [4.78, 5) is 12.3. The van der Waals surface area contributed by atoms with Crippen LogP contribution < -0.4 is 4.74 Å². The fourth-order valence-corrected chi connectivity index (χ4v) is 5.48. The van der Waals surface area contributed by atoms with Gasteiger partial charge in [0.25, 0.3) is 0 Å². The minimum absolute atomic E-state index is 0.0113. The lowest BCUT2D eigenvalue weighted by Gasteiger charge is -2.40. The summed E-state index contributed by atoms with van der Waals surface area (Å²) < 4.78 is 24.6. The Labute approximate surface area is 217 Å². The Bertz CT molecular complexity index is 763. The van der Waals surface area contributed by atoms with Crippen LogP contribution in [0.15, 0.2) is 24.3 Å². The van der Waals surface area contributed by atoms with E-state index in [2.05, 4.69) is 74.7 Å². The highest BCUT2D eigenvalue weighted by Gasteiger charge is 2.41. The van der Waals surface area contributed by atoms with Crippen molar-refractivity contribution in [1.29, 1.82) is 0 Å². The molecule has 0 aliphatic rings. The maximum atomic E-state index is 12.3. The van der Waals surface area contributed by atoms with Gasteiger partial charge in [-0.25, -0.2) is 0 Å². The van der Waals surface area contributed by atoms with Crippen LogP contribution in [0, 0.1) is 5.92 Å². The van der Waals surface area contributed by atoms with Crippen LogP contribution in [0.1, 0.15) is 66.9 Å². The highest BCUT2D eigenvalue weighted by molar-refractivity contribution is 6.74. The lowest BCUT2D eigenvalue weighted by atomic mass is 9.97. The van der Waals surface area contributed by atoms with Crippen LogP contribution >= 0.6 is 0 Å². The standard InChI is InChI=1S/C28H52O5Si2/c1-22(17-18-32-34(9,10)27(2,3)4)19-25(26(20-29)33-35(11,12)28(5,6)7)31-21-23-13-15-24(30-8)16-14-23/h13-16,20,22,25-26H,17-19,21H2,1-12H3/t22-,25-,26+/m0/s1. The highest BCUT2D eigenvalue weighted by Crippen LogP contribution is 2.39. The summed E-state index contributed by atoms with van der Waals surface area (Å²) >= 11 is 0. The predicted molar refractivity (Wildman–Crippen MR) is 151 cm³/mol. The average molecular weight is 525 g/mol. The number of rotatable bonds is 14. The quantitative estimate of drug-likeness (QED) is 0.185. The Morgan fingerprint density at radius 2 is 1.46 bits per heavy atom. The van der Waals surface area contributed by atoms with Crippen molar-refractivity contribution in [3.05, 3.63) is 29.8 Å². The first-order valence-electron chi connectivity index (χ1n) is 12.9. The first kappa shape index (κ1) is 32.0. The van der Waals surface area contributed by atoms with Crippen LogP contribution in [-0.2, 0) is 25.0 Å². The van der Waals surface area contributed by atoms with Crippen molar-refractivity contribution in [1.82, 2.24) is 0 Å². The second-order valence-corrected chi connectivity index (χ2v) is 22.5. The molecule has 0 aliphatic heterocycles. The van der Waals surface area contributed by atoms with Crippen molar-refractivity contribution in [2.75, 3.05) is 13.7 Å². The molecule has 0 heterocycles. The SMILES string of the molecule is COc1ccc(CO[C@@H](C[C@@H](C)CCO[Si](C)(C)C(C)(C)C)[C@@H](C=O)O[Si](C)(C)C(C)(C)C)cc1. The van der Waals surface area contributed by atoms with E-state index < -0.39 is 22.7 Å². The number of benzene rings is 1. The number of carbonyl (C=O) groups is 1. The molecule has 1 aromatic rings. The van der Waals surface area contributed by atoms with Gasteiger partial charge >= 0.3 is 0 Å². The number of hydrogen-bond acceptors (Lipinski definition) is 5. The maximum absolute atomic E-state index is 12.3. The van der Waals surface area contributed by atoms with Gasteiger partial charge in [-0.2, -0.15) is 0 Å². The molecule has 0 amide bonds. The largest absolute Gasteiger partial charge is 0.497 e. The molecule has 0 bridgehead atoms. The molecule has 0 saturated heterocycles. The Hall–Kier alpha value is -0.996. The van der Waals surface area contributed by atoms with E-state index in [-0.39, 0.29) is 16.2 Å². The predicted octanol–water partition coefficient (Wildman–Crippen LogP) is 7.61. The summed E-state index contributed by atoms with van der Waals surface area (Å²) in [5.74, 6) is 1.15. The summed E-state index contributed by atoms with van der Waals surface area (Å²) in [6, 6.07) is 7.85. The third kappa shape index (κ3) is 10.1. The van der Waals surface area contributed by atoms with E-state index in [4.69, 9.17) is 18.3 Å². The van der Waals surface area contributed by atoms with Gasteiger partial charge in [0.2, 0.25) is 0 Å². The number of carbonyl (C=O) groups excluding carboxylic acids is 1. The zero-order valence-electron chi connectivity index (χ0n) is 24.5. The number of methoxy groups -OCH3 is 1. The van der Waals surface area contributed by atoms with E-state index in [0.717, 1.165) is 37.0 Å². The normalized spacial score (nSPS) is 16.0. The van der Waals surface area contributed by atoms with Crippen molar-refractivity contribution in [2.45, 2.75) is 116 Å². The van der Waals surface area contributed by atoms with Crippen LogP contribution in [0.2, 0.25) is 36.3 Å². The summed E-state index contributed by atoms with van der Waals surface area (Å²) in [5, 5.41) is 0.206. The van der Waals surface area contributed by atoms with Gasteiger partial charge in [-0.15, -0.1) is 0 Å². The molecule has 202 valence electrons. The molecule has 0 N–H and O–H groups in total. The van der Waals surface area contributed by atoms with Gasteiger partial charge in [0.15, 0.2) is 16.6 Å². The molecule has 35 heavy (non-hydrogen) atoms. The molecule has 3 atom stereocenters. The number of hydrogen-bond donors (Lipinski definition) is 0. The monoisotopic (exact) mass is 524 g/mol. The third-order valence-electron chi connectivity index (χ3n) is 7.88. The molecule has 0 saturated carbocycles. The van der Waals surface area contributed by atoms with Gasteiger partial charge in [-0.05, 0) is 72.7 Å².